The van der Waals surface area contributed by atoms with E-state index in [0.29, 0.717) is 23.9 Å². The Morgan fingerprint density at radius 3 is 2.85 bits per heavy atom. The van der Waals surface area contributed by atoms with Gasteiger partial charge >= 0.3 is 0 Å². The van der Waals surface area contributed by atoms with Gasteiger partial charge in [0.25, 0.3) is 0 Å². The van der Waals surface area contributed by atoms with Crippen molar-refractivity contribution in [2.45, 2.75) is 39.7 Å². The Morgan fingerprint density at radius 2 is 2.20 bits per heavy atom. The average molecular weight is 275 g/mol. The summed E-state index contributed by atoms with van der Waals surface area (Å²) >= 11 is 0. The predicted molar refractivity (Wildman–Crippen MR) is 79.4 cm³/mol. The summed E-state index contributed by atoms with van der Waals surface area (Å²) in [5, 5.41) is 2.82. The van der Waals surface area contributed by atoms with Crippen molar-refractivity contribution in [1.82, 2.24) is 4.98 Å². The largest absolute Gasteiger partial charge is 0.441 e. The van der Waals surface area contributed by atoms with E-state index in [0.717, 1.165) is 17.5 Å². The van der Waals surface area contributed by atoms with Crippen molar-refractivity contribution in [2.24, 2.45) is 11.7 Å². The van der Waals surface area contributed by atoms with Gasteiger partial charge in [-0.3, -0.25) is 4.79 Å². The summed E-state index contributed by atoms with van der Waals surface area (Å²) in [7, 11) is 0. The Bertz CT molecular complexity index is 604. The number of carbonyl (C=O) groups excluding carboxylic acids is 1. The van der Waals surface area contributed by atoms with Crippen LogP contribution in [-0.4, -0.2) is 16.9 Å². The number of amides is 1. The normalized spacial score (nSPS) is 12.8. The van der Waals surface area contributed by atoms with Crippen molar-refractivity contribution in [1.29, 1.82) is 0 Å². The lowest BCUT2D eigenvalue weighted by atomic mass is 10.0. The summed E-state index contributed by atoms with van der Waals surface area (Å²) in [6.45, 7) is 6.07. The molecule has 1 atom stereocenters. The summed E-state index contributed by atoms with van der Waals surface area (Å²) in [6, 6.07) is 4.92. The fourth-order valence-corrected chi connectivity index (χ4v) is 2.05. The first kappa shape index (κ1) is 14.5. The van der Waals surface area contributed by atoms with Gasteiger partial charge in [-0.2, -0.15) is 0 Å². The number of nitrogens with two attached hydrogens (primary N) is 1. The van der Waals surface area contributed by atoms with Crippen LogP contribution in [0, 0.1) is 5.92 Å². The van der Waals surface area contributed by atoms with Crippen LogP contribution < -0.4 is 11.1 Å². The maximum Gasteiger partial charge on any atom is 0.241 e. The molecule has 0 fully saturated rings. The second kappa shape index (κ2) is 6.05. The number of oxazole rings is 1. The Morgan fingerprint density at radius 1 is 1.45 bits per heavy atom. The van der Waals surface area contributed by atoms with E-state index in [1.807, 2.05) is 26.8 Å². The van der Waals surface area contributed by atoms with Gasteiger partial charge < -0.3 is 15.5 Å². The third kappa shape index (κ3) is 3.36. The summed E-state index contributed by atoms with van der Waals surface area (Å²) in [6.07, 6.45) is 1.41. The van der Waals surface area contributed by atoms with E-state index in [2.05, 4.69) is 10.3 Å². The first-order valence-corrected chi connectivity index (χ1v) is 6.95. The molecule has 1 aromatic heterocycles. The molecule has 1 amide bonds. The fourth-order valence-electron chi connectivity index (χ4n) is 2.05. The van der Waals surface area contributed by atoms with Gasteiger partial charge in [0.15, 0.2) is 11.5 Å². The van der Waals surface area contributed by atoms with Crippen LogP contribution in [0.2, 0.25) is 0 Å². The molecule has 0 aliphatic carbocycles. The minimum absolute atomic E-state index is 0.169. The Kier molecular flexibility index (Phi) is 4.39. The van der Waals surface area contributed by atoms with Crippen molar-refractivity contribution < 1.29 is 9.21 Å². The highest BCUT2D eigenvalue weighted by Crippen LogP contribution is 2.20. The molecule has 0 aliphatic heterocycles. The van der Waals surface area contributed by atoms with Crippen molar-refractivity contribution in [3.8, 4) is 0 Å². The van der Waals surface area contributed by atoms with Gasteiger partial charge in [-0.25, -0.2) is 4.98 Å². The molecule has 20 heavy (non-hydrogen) atoms. The molecule has 3 N–H and O–H groups in total. The highest BCUT2D eigenvalue weighted by atomic mass is 16.3. The number of rotatable bonds is 5. The van der Waals surface area contributed by atoms with Crippen LogP contribution in [0.1, 0.15) is 33.1 Å². The Balaban J connectivity index is 2.11. The second-order valence-corrected chi connectivity index (χ2v) is 5.37. The summed E-state index contributed by atoms with van der Waals surface area (Å²) in [4.78, 5) is 16.3. The van der Waals surface area contributed by atoms with Crippen molar-refractivity contribution in [2.75, 3.05) is 5.32 Å². The lowest BCUT2D eigenvalue weighted by Gasteiger charge is -2.14. The number of aryl methyl sites for hydroxylation is 1. The monoisotopic (exact) mass is 275 g/mol. The van der Waals surface area contributed by atoms with Crippen molar-refractivity contribution >= 4 is 22.7 Å². The van der Waals surface area contributed by atoms with Crippen LogP contribution in [0.15, 0.2) is 22.6 Å². The second-order valence-electron chi connectivity index (χ2n) is 5.37. The first-order chi connectivity index (χ1) is 9.49. The van der Waals surface area contributed by atoms with Gasteiger partial charge in [0, 0.05) is 12.1 Å². The van der Waals surface area contributed by atoms with Crippen molar-refractivity contribution in [3.05, 3.63) is 24.1 Å². The summed E-state index contributed by atoms with van der Waals surface area (Å²) in [5.74, 6) is 0.915. The first-order valence-electron chi connectivity index (χ1n) is 6.95. The van der Waals surface area contributed by atoms with Crippen LogP contribution in [0.25, 0.3) is 11.1 Å². The maximum absolute atomic E-state index is 12.0. The van der Waals surface area contributed by atoms with Gasteiger partial charge in [-0.15, -0.1) is 0 Å². The number of carbonyl (C=O) groups is 1. The molecule has 2 rings (SSSR count). The van der Waals surface area contributed by atoms with E-state index in [1.54, 1.807) is 12.1 Å². The minimum atomic E-state index is -0.491. The lowest BCUT2D eigenvalue weighted by Crippen LogP contribution is -2.36. The third-order valence-electron chi connectivity index (χ3n) is 3.06. The maximum atomic E-state index is 12.0. The van der Waals surface area contributed by atoms with E-state index < -0.39 is 6.04 Å². The van der Waals surface area contributed by atoms with Crippen LogP contribution in [0.3, 0.4) is 0 Å². The number of nitrogens with zero attached hydrogens (tertiary/aromatic N) is 1. The molecule has 0 aliphatic rings. The van der Waals surface area contributed by atoms with Gasteiger partial charge in [0.2, 0.25) is 5.91 Å². The summed E-state index contributed by atoms with van der Waals surface area (Å²) < 4.78 is 5.53. The fraction of sp³-hybridized carbons (Fsp3) is 0.467. The number of benzene rings is 1. The predicted octanol–water partition coefficient (Wildman–Crippen LogP) is 2.70. The number of hydrogen-bond acceptors (Lipinski definition) is 4. The zero-order chi connectivity index (χ0) is 14.7. The standard InChI is InChI=1S/C15H21N3O2/c1-4-14-18-12-8-10(5-6-13(12)20-14)17-15(19)11(16)7-9(2)3/h5-6,8-9,11H,4,7,16H2,1-3H3,(H,17,19)/t11-/m0/s1. The lowest BCUT2D eigenvalue weighted by molar-refractivity contribution is -0.117. The topological polar surface area (TPSA) is 81.2 Å². The van der Waals surface area contributed by atoms with E-state index in [9.17, 15) is 4.79 Å². The highest BCUT2D eigenvalue weighted by Gasteiger charge is 2.15. The Hall–Kier alpha value is -1.88. The number of hydrogen-bond donors (Lipinski definition) is 2. The molecular formula is C15H21N3O2. The Labute approximate surface area is 118 Å². The van der Waals surface area contributed by atoms with E-state index in [1.165, 1.54) is 0 Å². The minimum Gasteiger partial charge on any atom is -0.441 e. The molecule has 0 radical (unpaired) electrons. The van der Waals surface area contributed by atoms with Crippen LogP contribution in [0.5, 0.6) is 0 Å². The molecule has 1 aromatic carbocycles. The molecule has 108 valence electrons. The molecule has 0 bridgehead atoms. The SMILES string of the molecule is CCc1nc2cc(NC(=O)[C@@H](N)CC(C)C)ccc2o1. The van der Waals surface area contributed by atoms with Crippen molar-refractivity contribution in [3.63, 3.8) is 0 Å². The molecule has 5 nitrogen and oxygen atoms in total. The number of nitrogens with one attached hydrogen (secondary N) is 1. The van der Waals surface area contributed by atoms with Gasteiger partial charge in [-0.05, 0) is 30.5 Å². The zero-order valence-electron chi connectivity index (χ0n) is 12.1. The quantitative estimate of drug-likeness (QED) is 0.879. The highest BCUT2D eigenvalue weighted by molar-refractivity contribution is 5.96. The molecule has 1 heterocycles. The number of fused-ring (bicyclic) bond motifs is 1. The van der Waals surface area contributed by atoms with E-state index in [-0.39, 0.29) is 5.91 Å². The molecule has 5 heteroatoms. The molecule has 0 saturated carbocycles. The summed E-state index contributed by atoms with van der Waals surface area (Å²) in [5.41, 5.74) is 8.03. The zero-order valence-corrected chi connectivity index (χ0v) is 12.1. The number of aromatic nitrogens is 1. The number of anilines is 1. The van der Waals surface area contributed by atoms with Gasteiger partial charge in [0.1, 0.15) is 5.52 Å². The molecule has 0 unspecified atom stereocenters. The van der Waals surface area contributed by atoms with E-state index >= 15 is 0 Å². The molecule has 2 aromatic rings. The van der Waals surface area contributed by atoms with Crippen LogP contribution in [-0.2, 0) is 11.2 Å². The van der Waals surface area contributed by atoms with Crippen LogP contribution in [0.4, 0.5) is 5.69 Å². The average Bonchev–Trinajstić information content (AvgIpc) is 2.80. The molecule has 0 saturated heterocycles. The van der Waals surface area contributed by atoms with Gasteiger partial charge in [0.05, 0.1) is 6.04 Å². The third-order valence-corrected chi connectivity index (χ3v) is 3.06. The smallest absolute Gasteiger partial charge is 0.241 e. The van der Waals surface area contributed by atoms with Crippen LogP contribution >= 0.6 is 0 Å². The van der Waals surface area contributed by atoms with E-state index in [4.69, 9.17) is 10.2 Å². The molecule has 0 spiro atoms. The van der Waals surface area contributed by atoms with Gasteiger partial charge in [-0.1, -0.05) is 20.8 Å². The molecular weight excluding hydrogens is 254 g/mol.